The molecule has 6 nitrogen and oxygen atoms in total. The Bertz CT molecular complexity index is 661. The van der Waals surface area contributed by atoms with Gasteiger partial charge in [-0.25, -0.2) is 9.59 Å². The number of hydrogen-bond acceptors (Lipinski definition) is 4. The van der Waals surface area contributed by atoms with Crippen LogP contribution in [0.4, 0.5) is 0 Å². The first-order chi connectivity index (χ1) is 11.4. The monoisotopic (exact) mass is 395 g/mol. The number of aliphatic carboxylic acids is 2. The maximum atomic E-state index is 9.10. The van der Waals surface area contributed by atoms with Crippen molar-refractivity contribution in [2.45, 2.75) is 13.1 Å². The van der Waals surface area contributed by atoms with Gasteiger partial charge in [-0.3, -0.25) is 0 Å². The van der Waals surface area contributed by atoms with Gasteiger partial charge in [0.05, 0.1) is 7.11 Å². The number of ether oxygens (including phenoxy) is 1. The lowest BCUT2D eigenvalue weighted by Crippen LogP contribution is -2.12. The van der Waals surface area contributed by atoms with E-state index >= 15 is 0 Å². The third kappa shape index (κ3) is 7.75. The lowest BCUT2D eigenvalue weighted by Gasteiger charge is -2.06. The molecule has 7 heteroatoms. The summed E-state index contributed by atoms with van der Waals surface area (Å²) >= 11 is 3.47. The molecule has 0 aromatic heterocycles. The number of carboxylic acids is 2. The first-order valence-electron chi connectivity index (χ1n) is 6.96. The quantitative estimate of drug-likeness (QED) is 0.673. The Morgan fingerprint density at radius 2 is 1.58 bits per heavy atom. The average Bonchev–Trinajstić information content (AvgIpc) is 2.56. The molecule has 2 rings (SSSR count). The van der Waals surface area contributed by atoms with Crippen molar-refractivity contribution in [2.75, 3.05) is 7.11 Å². The molecule has 0 saturated heterocycles. The summed E-state index contributed by atoms with van der Waals surface area (Å²) in [4.78, 5) is 18.2. The zero-order valence-electron chi connectivity index (χ0n) is 13.0. The van der Waals surface area contributed by atoms with E-state index in [2.05, 4.69) is 51.6 Å². The van der Waals surface area contributed by atoms with Gasteiger partial charge in [-0.15, -0.1) is 0 Å². The summed E-state index contributed by atoms with van der Waals surface area (Å²) in [5.41, 5.74) is 2.53. The molecule has 0 fully saturated rings. The van der Waals surface area contributed by atoms with Gasteiger partial charge in [-0.05, 0) is 35.4 Å². The molecule has 0 aliphatic heterocycles. The molecular weight excluding hydrogens is 378 g/mol. The van der Waals surface area contributed by atoms with Crippen molar-refractivity contribution in [3.63, 3.8) is 0 Å². The molecule has 128 valence electrons. The van der Waals surface area contributed by atoms with Gasteiger partial charge in [-0.2, -0.15) is 0 Å². The standard InChI is InChI=1S/C15H16BrNO.C2H2O4/c1-18-15-7-5-12(6-8-15)10-17-11-13-3-2-4-14(16)9-13;3-1(4)2(5)6/h2-9,17H,10-11H2,1H3;(H,3,4)(H,5,6). The predicted octanol–water partition coefficient (Wildman–Crippen LogP) is 2.90. The smallest absolute Gasteiger partial charge is 0.414 e. The van der Waals surface area contributed by atoms with Crippen LogP contribution in [-0.2, 0) is 22.7 Å². The van der Waals surface area contributed by atoms with Gasteiger partial charge in [0.25, 0.3) is 0 Å². The fourth-order valence-corrected chi connectivity index (χ4v) is 2.19. The lowest BCUT2D eigenvalue weighted by molar-refractivity contribution is -0.159. The third-order valence-electron chi connectivity index (χ3n) is 2.89. The van der Waals surface area contributed by atoms with Crippen molar-refractivity contribution >= 4 is 27.9 Å². The number of carboxylic acid groups (broad SMARTS) is 2. The summed E-state index contributed by atoms with van der Waals surface area (Å²) in [6.45, 7) is 1.72. The Balaban J connectivity index is 0.000000413. The Morgan fingerprint density at radius 1 is 1.00 bits per heavy atom. The molecule has 0 aliphatic carbocycles. The van der Waals surface area contributed by atoms with E-state index in [0.717, 1.165) is 23.3 Å². The van der Waals surface area contributed by atoms with Crippen LogP contribution >= 0.6 is 15.9 Å². The van der Waals surface area contributed by atoms with E-state index in [0.29, 0.717) is 0 Å². The molecular formula is C17H18BrNO5. The van der Waals surface area contributed by atoms with Crippen molar-refractivity contribution in [2.24, 2.45) is 0 Å². The molecule has 0 radical (unpaired) electrons. The second kappa shape index (κ2) is 10.4. The Labute approximate surface area is 148 Å². The predicted molar refractivity (Wildman–Crippen MR) is 93.0 cm³/mol. The number of benzene rings is 2. The molecule has 0 spiro atoms. The molecule has 0 atom stereocenters. The van der Waals surface area contributed by atoms with E-state index in [1.807, 2.05) is 18.2 Å². The van der Waals surface area contributed by atoms with Gasteiger partial charge in [0.1, 0.15) is 5.75 Å². The van der Waals surface area contributed by atoms with Crippen LogP contribution in [0.15, 0.2) is 53.0 Å². The molecule has 0 heterocycles. The molecule has 24 heavy (non-hydrogen) atoms. The van der Waals surface area contributed by atoms with E-state index in [4.69, 9.17) is 24.5 Å². The Hall–Kier alpha value is -2.38. The van der Waals surface area contributed by atoms with Crippen molar-refractivity contribution in [1.29, 1.82) is 0 Å². The van der Waals surface area contributed by atoms with E-state index in [1.165, 1.54) is 11.1 Å². The number of methoxy groups -OCH3 is 1. The van der Waals surface area contributed by atoms with Gasteiger partial charge in [0.2, 0.25) is 0 Å². The minimum atomic E-state index is -1.82. The molecule has 0 amide bonds. The molecule has 0 unspecified atom stereocenters. The van der Waals surface area contributed by atoms with Crippen molar-refractivity contribution in [3.05, 3.63) is 64.1 Å². The molecule has 0 aliphatic rings. The zero-order valence-corrected chi connectivity index (χ0v) is 14.6. The van der Waals surface area contributed by atoms with Gasteiger partial charge < -0.3 is 20.3 Å². The Kier molecular flexibility index (Phi) is 8.53. The van der Waals surface area contributed by atoms with Crippen LogP contribution in [0.5, 0.6) is 5.75 Å². The second-order valence-electron chi connectivity index (χ2n) is 4.69. The van der Waals surface area contributed by atoms with E-state index in [1.54, 1.807) is 7.11 Å². The molecule has 2 aromatic carbocycles. The zero-order chi connectivity index (χ0) is 17.9. The van der Waals surface area contributed by atoms with Gasteiger partial charge in [0, 0.05) is 17.6 Å². The maximum absolute atomic E-state index is 9.10. The maximum Gasteiger partial charge on any atom is 0.414 e. The molecule has 3 N–H and O–H groups in total. The number of halogens is 1. The highest BCUT2D eigenvalue weighted by atomic mass is 79.9. The summed E-state index contributed by atoms with van der Waals surface area (Å²) < 4.78 is 6.25. The summed E-state index contributed by atoms with van der Waals surface area (Å²) in [5.74, 6) is -2.75. The van der Waals surface area contributed by atoms with Gasteiger partial charge in [0.15, 0.2) is 0 Å². The minimum Gasteiger partial charge on any atom is -0.497 e. The van der Waals surface area contributed by atoms with Crippen molar-refractivity contribution < 1.29 is 24.5 Å². The van der Waals surface area contributed by atoms with Crippen LogP contribution in [0.1, 0.15) is 11.1 Å². The lowest BCUT2D eigenvalue weighted by atomic mass is 10.2. The largest absolute Gasteiger partial charge is 0.497 e. The van der Waals surface area contributed by atoms with Crippen LogP contribution in [0, 0.1) is 0 Å². The first-order valence-corrected chi connectivity index (χ1v) is 7.76. The SMILES string of the molecule is COc1ccc(CNCc2cccc(Br)c2)cc1.O=C(O)C(=O)O. The summed E-state index contributed by atoms with van der Waals surface area (Å²) in [6, 6.07) is 16.4. The number of carbonyl (C=O) groups is 2. The molecule has 0 bridgehead atoms. The highest BCUT2D eigenvalue weighted by Gasteiger charge is 2.04. The Morgan fingerprint density at radius 3 is 2.08 bits per heavy atom. The number of hydrogen-bond donors (Lipinski definition) is 3. The summed E-state index contributed by atoms with van der Waals surface area (Å²) in [6.07, 6.45) is 0. The van der Waals surface area contributed by atoms with Gasteiger partial charge in [-0.1, -0.05) is 40.2 Å². The van der Waals surface area contributed by atoms with Crippen molar-refractivity contribution in [3.8, 4) is 5.75 Å². The van der Waals surface area contributed by atoms with E-state index in [-0.39, 0.29) is 0 Å². The summed E-state index contributed by atoms with van der Waals surface area (Å²) in [7, 11) is 1.68. The third-order valence-corrected chi connectivity index (χ3v) is 3.38. The minimum absolute atomic E-state index is 0.858. The topological polar surface area (TPSA) is 95.9 Å². The second-order valence-corrected chi connectivity index (χ2v) is 5.61. The van der Waals surface area contributed by atoms with Gasteiger partial charge >= 0.3 is 11.9 Å². The highest BCUT2D eigenvalue weighted by molar-refractivity contribution is 9.10. The molecule has 2 aromatic rings. The molecule has 0 saturated carbocycles. The van der Waals surface area contributed by atoms with Crippen LogP contribution in [0.25, 0.3) is 0 Å². The fraction of sp³-hybridized carbons (Fsp3) is 0.176. The average molecular weight is 396 g/mol. The van der Waals surface area contributed by atoms with Crippen LogP contribution in [0.2, 0.25) is 0 Å². The van der Waals surface area contributed by atoms with E-state index in [9.17, 15) is 0 Å². The number of rotatable bonds is 5. The van der Waals surface area contributed by atoms with Crippen LogP contribution in [-0.4, -0.2) is 29.3 Å². The number of nitrogens with one attached hydrogen (secondary N) is 1. The first kappa shape index (κ1) is 19.7. The summed E-state index contributed by atoms with van der Waals surface area (Å²) in [5, 5.41) is 18.2. The van der Waals surface area contributed by atoms with Crippen molar-refractivity contribution in [1.82, 2.24) is 5.32 Å². The van der Waals surface area contributed by atoms with E-state index < -0.39 is 11.9 Å². The van der Waals surface area contributed by atoms with Crippen LogP contribution in [0.3, 0.4) is 0 Å². The highest BCUT2D eigenvalue weighted by Crippen LogP contribution is 2.13. The van der Waals surface area contributed by atoms with Crippen LogP contribution < -0.4 is 10.1 Å². The normalized spacial score (nSPS) is 9.58. The fourth-order valence-electron chi connectivity index (χ4n) is 1.74.